The Morgan fingerprint density at radius 1 is 1.00 bits per heavy atom. The summed E-state index contributed by atoms with van der Waals surface area (Å²) >= 11 is 0. The summed E-state index contributed by atoms with van der Waals surface area (Å²) in [6.45, 7) is 5.10. The molecule has 0 fully saturated rings. The average molecular weight is 399 g/mol. The molecule has 4 heteroatoms. The fourth-order valence-electron chi connectivity index (χ4n) is 3.56. The molecule has 0 N–H and O–H groups in total. The van der Waals surface area contributed by atoms with Crippen LogP contribution in [0.3, 0.4) is 0 Å². The van der Waals surface area contributed by atoms with E-state index in [1.807, 2.05) is 91.5 Å². The molecule has 0 aliphatic carbocycles. The van der Waals surface area contributed by atoms with Crippen LogP contribution in [-0.4, -0.2) is 12.5 Å². The highest BCUT2D eigenvalue weighted by Crippen LogP contribution is 2.26. The molecule has 0 atom stereocenters. The molecule has 0 saturated carbocycles. The van der Waals surface area contributed by atoms with E-state index in [0.29, 0.717) is 13.2 Å². The quantitative estimate of drug-likeness (QED) is 0.388. The van der Waals surface area contributed by atoms with Crippen molar-refractivity contribution in [1.82, 2.24) is 0 Å². The van der Waals surface area contributed by atoms with Crippen LogP contribution < -0.4 is 9.64 Å². The Hall–Kier alpha value is -3.53. The second-order valence-corrected chi connectivity index (χ2v) is 7.33. The summed E-state index contributed by atoms with van der Waals surface area (Å²) in [5.74, 6) is 0.816. The maximum Gasteiger partial charge on any atom is 0.231 e. The van der Waals surface area contributed by atoms with E-state index in [4.69, 9.17) is 9.15 Å². The van der Waals surface area contributed by atoms with Gasteiger partial charge in [0.15, 0.2) is 0 Å². The van der Waals surface area contributed by atoms with Crippen molar-refractivity contribution in [2.75, 3.05) is 11.5 Å². The van der Waals surface area contributed by atoms with E-state index in [1.165, 1.54) is 0 Å². The SMILES string of the molecule is CCOc1ccc(N(Cc2ccccc2)C(=O)Cc2coc3cc(C)ccc23)cc1. The summed E-state index contributed by atoms with van der Waals surface area (Å²) in [5, 5.41) is 0.986. The van der Waals surface area contributed by atoms with Crippen molar-refractivity contribution in [1.29, 1.82) is 0 Å². The Labute approximate surface area is 176 Å². The molecule has 0 aliphatic rings. The Bertz CT molecular complexity index is 1130. The predicted molar refractivity (Wildman–Crippen MR) is 120 cm³/mol. The van der Waals surface area contributed by atoms with Gasteiger partial charge < -0.3 is 14.1 Å². The number of hydrogen-bond acceptors (Lipinski definition) is 3. The maximum atomic E-state index is 13.4. The van der Waals surface area contributed by atoms with Crippen molar-refractivity contribution in [3.63, 3.8) is 0 Å². The fourth-order valence-corrected chi connectivity index (χ4v) is 3.56. The van der Waals surface area contributed by atoms with Crippen molar-refractivity contribution < 1.29 is 13.9 Å². The molecule has 30 heavy (non-hydrogen) atoms. The zero-order valence-electron chi connectivity index (χ0n) is 17.3. The van der Waals surface area contributed by atoms with Crippen molar-refractivity contribution >= 4 is 22.6 Å². The summed E-state index contributed by atoms with van der Waals surface area (Å²) in [6.07, 6.45) is 1.97. The van der Waals surface area contributed by atoms with E-state index in [1.54, 1.807) is 6.26 Å². The first-order valence-corrected chi connectivity index (χ1v) is 10.2. The number of furan rings is 1. The molecule has 0 unspecified atom stereocenters. The van der Waals surface area contributed by atoms with Gasteiger partial charge >= 0.3 is 0 Å². The number of fused-ring (bicyclic) bond motifs is 1. The molecule has 0 aliphatic heterocycles. The van der Waals surface area contributed by atoms with E-state index < -0.39 is 0 Å². The number of aryl methyl sites for hydroxylation is 1. The summed E-state index contributed by atoms with van der Waals surface area (Å²) < 4.78 is 11.2. The van der Waals surface area contributed by atoms with E-state index in [9.17, 15) is 4.79 Å². The molecule has 4 rings (SSSR count). The zero-order valence-corrected chi connectivity index (χ0v) is 17.3. The molecule has 1 heterocycles. The van der Waals surface area contributed by atoms with Crippen molar-refractivity contribution in [3.05, 3.63) is 95.7 Å². The number of hydrogen-bond donors (Lipinski definition) is 0. The van der Waals surface area contributed by atoms with Gasteiger partial charge in [-0.15, -0.1) is 0 Å². The summed E-state index contributed by atoms with van der Waals surface area (Å²) in [4.78, 5) is 15.2. The average Bonchev–Trinajstić information content (AvgIpc) is 3.15. The number of anilines is 1. The summed E-state index contributed by atoms with van der Waals surface area (Å²) in [6, 6.07) is 23.8. The van der Waals surface area contributed by atoms with Crippen LogP contribution in [0.5, 0.6) is 5.75 Å². The number of benzene rings is 3. The largest absolute Gasteiger partial charge is 0.494 e. The minimum absolute atomic E-state index is 0.0197. The van der Waals surface area contributed by atoms with Crippen LogP contribution in [0.2, 0.25) is 0 Å². The molecule has 4 aromatic rings. The van der Waals surface area contributed by atoms with Crippen LogP contribution in [0, 0.1) is 6.92 Å². The molecular weight excluding hydrogens is 374 g/mol. The number of carbonyl (C=O) groups excluding carboxylic acids is 1. The van der Waals surface area contributed by atoms with Crippen molar-refractivity contribution in [3.8, 4) is 5.75 Å². The molecule has 0 radical (unpaired) electrons. The molecule has 1 aromatic heterocycles. The normalized spacial score (nSPS) is 10.9. The molecule has 0 saturated heterocycles. The van der Waals surface area contributed by atoms with Gasteiger partial charge in [0.25, 0.3) is 0 Å². The van der Waals surface area contributed by atoms with Gasteiger partial charge in [-0.1, -0.05) is 42.5 Å². The van der Waals surface area contributed by atoms with Gasteiger partial charge in [0.1, 0.15) is 11.3 Å². The number of nitrogens with zero attached hydrogens (tertiary/aromatic N) is 1. The van der Waals surface area contributed by atoms with Gasteiger partial charge in [-0.2, -0.15) is 0 Å². The Morgan fingerprint density at radius 2 is 1.77 bits per heavy atom. The first-order valence-electron chi connectivity index (χ1n) is 10.2. The number of carbonyl (C=O) groups is 1. The van der Waals surface area contributed by atoms with Gasteiger partial charge in [0.2, 0.25) is 5.91 Å². The molecule has 3 aromatic carbocycles. The first-order chi connectivity index (χ1) is 14.6. The van der Waals surface area contributed by atoms with Crippen LogP contribution >= 0.6 is 0 Å². The third-order valence-corrected chi connectivity index (χ3v) is 5.10. The lowest BCUT2D eigenvalue weighted by Gasteiger charge is -2.23. The van der Waals surface area contributed by atoms with Crippen LogP contribution in [0.4, 0.5) is 5.69 Å². The van der Waals surface area contributed by atoms with Crippen LogP contribution in [0.1, 0.15) is 23.6 Å². The van der Waals surface area contributed by atoms with Gasteiger partial charge in [-0.25, -0.2) is 0 Å². The number of amides is 1. The second kappa shape index (κ2) is 8.87. The molecule has 152 valence electrons. The fraction of sp³-hybridized carbons (Fsp3) is 0.192. The van der Waals surface area contributed by atoms with E-state index in [-0.39, 0.29) is 12.3 Å². The van der Waals surface area contributed by atoms with E-state index in [0.717, 1.165) is 39.1 Å². The Balaban J connectivity index is 1.62. The highest BCUT2D eigenvalue weighted by atomic mass is 16.5. The lowest BCUT2D eigenvalue weighted by Crippen LogP contribution is -2.31. The van der Waals surface area contributed by atoms with Gasteiger partial charge in [-0.3, -0.25) is 4.79 Å². The molecule has 4 nitrogen and oxygen atoms in total. The zero-order chi connectivity index (χ0) is 20.9. The smallest absolute Gasteiger partial charge is 0.231 e. The summed E-state index contributed by atoms with van der Waals surface area (Å²) in [7, 11) is 0. The third-order valence-electron chi connectivity index (χ3n) is 5.10. The minimum Gasteiger partial charge on any atom is -0.494 e. The standard InChI is InChI=1S/C26H25NO3/c1-3-29-23-12-10-22(11-13-23)27(17-20-7-5-4-6-8-20)26(28)16-21-18-30-25-15-19(2)9-14-24(21)25/h4-15,18H,3,16-17H2,1-2H3. The van der Waals surface area contributed by atoms with Gasteiger partial charge in [-0.05, 0) is 55.3 Å². The van der Waals surface area contributed by atoms with Crippen LogP contribution in [0.15, 0.2) is 83.5 Å². The van der Waals surface area contributed by atoms with Crippen LogP contribution in [0.25, 0.3) is 11.0 Å². The maximum absolute atomic E-state index is 13.4. The molecule has 1 amide bonds. The Morgan fingerprint density at radius 3 is 2.50 bits per heavy atom. The summed E-state index contributed by atoms with van der Waals surface area (Å²) in [5.41, 5.74) is 4.77. The Kier molecular flexibility index (Phi) is 5.84. The second-order valence-electron chi connectivity index (χ2n) is 7.33. The molecular formula is C26H25NO3. The van der Waals surface area contributed by atoms with Crippen molar-refractivity contribution in [2.24, 2.45) is 0 Å². The third kappa shape index (κ3) is 4.38. The first kappa shape index (κ1) is 19.8. The van der Waals surface area contributed by atoms with Crippen LogP contribution in [-0.2, 0) is 17.8 Å². The topological polar surface area (TPSA) is 42.7 Å². The van der Waals surface area contributed by atoms with E-state index >= 15 is 0 Å². The monoisotopic (exact) mass is 399 g/mol. The van der Waals surface area contributed by atoms with Gasteiger partial charge in [0, 0.05) is 16.6 Å². The lowest BCUT2D eigenvalue weighted by atomic mass is 10.1. The van der Waals surface area contributed by atoms with Gasteiger partial charge in [0.05, 0.1) is 25.8 Å². The number of rotatable bonds is 7. The highest BCUT2D eigenvalue weighted by Gasteiger charge is 2.19. The molecule has 0 bridgehead atoms. The number of ether oxygens (including phenoxy) is 1. The highest BCUT2D eigenvalue weighted by molar-refractivity contribution is 5.97. The molecule has 0 spiro atoms. The lowest BCUT2D eigenvalue weighted by molar-refractivity contribution is -0.118. The van der Waals surface area contributed by atoms with Crippen molar-refractivity contribution in [2.45, 2.75) is 26.8 Å². The minimum atomic E-state index is 0.0197. The predicted octanol–water partition coefficient (Wildman–Crippen LogP) is 5.92. The van der Waals surface area contributed by atoms with E-state index in [2.05, 4.69) is 0 Å².